The Morgan fingerprint density at radius 3 is 2.56 bits per heavy atom. The van der Waals surface area contributed by atoms with Gasteiger partial charge in [0.05, 0.1) is 30.7 Å². The largest absolute Gasteiger partial charge is 0.476 e. The van der Waals surface area contributed by atoms with Crippen LogP contribution in [0.3, 0.4) is 0 Å². The van der Waals surface area contributed by atoms with Gasteiger partial charge in [-0.2, -0.15) is 0 Å². The minimum atomic E-state index is -0.507. The van der Waals surface area contributed by atoms with Crippen molar-refractivity contribution in [1.82, 2.24) is 14.7 Å². The molecule has 0 aliphatic heterocycles. The van der Waals surface area contributed by atoms with Crippen LogP contribution in [0.15, 0.2) is 42.5 Å². The Kier molecular flexibility index (Phi) is 8.44. The molecule has 0 bridgehead atoms. The van der Waals surface area contributed by atoms with E-state index in [0.29, 0.717) is 31.3 Å². The van der Waals surface area contributed by atoms with Gasteiger partial charge in [0.25, 0.3) is 0 Å². The number of nitrogens with one attached hydrogen (secondary N) is 1. The van der Waals surface area contributed by atoms with Crippen LogP contribution in [0.25, 0.3) is 10.9 Å². The normalized spacial score (nSPS) is 11.2. The van der Waals surface area contributed by atoms with E-state index < -0.39 is 6.09 Å². The highest BCUT2D eigenvalue weighted by molar-refractivity contribution is 5.92. The third-order valence-electron chi connectivity index (χ3n) is 5.24. The molecule has 8 heteroatoms. The smallest absolute Gasteiger partial charge is 0.411 e. The number of carbonyl (C=O) groups is 1. The van der Waals surface area contributed by atoms with E-state index in [1.54, 1.807) is 25.1 Å². The van der Waals surface area contributed by atoms with Gasteiger partial charge in [-0.25, -0.2) is 9.18 Å². The maximum atomic E-state index is 13.3. The van der Waals surface area contributed by atoms with Crippen molar-refractivity contribution < 1.29 is 18.7 Å². The number of carbonyl (C=O) groups excluding carboxylic acids is 1. The fourth-order valence-electron chi connectivity index (χ4n) is 3.50. The van der Waals surface area contributed by atoms with Crippen LogP contribution in [0.4, 0.5) is 14.9 Å². The Balaban J connectivity index is 1.82. The Bertz CT molecular complexity index is 1020. The van der Waals surface area contributed by atoms with Crippen molar-refractivity contribution >= 4 is 22.7 Å². The predicted molar refractivity (Wildman–Crippen MR) is 124 cm³/mol. The molecule has 1 N–H and O–H groups in total. The molecule has 7 nitrogen and oxygen atoms in total. The summed E-state index contributed by atoms with van der Waals surface area (Å²) >= 11 is 0. The van der Waals surface area contributed by atoms with E-state index in [2.05, 4.69) is 29.2 Å². The first-order valence-electron chi connectivity index (χ1n) is 11.1. The van der Waals surface area contributed by atoms with Crippen molar-refractivity contribution in [1.29, 1.82) is 0 Å². The van der Waals surface area contributed by atoms with Gasteiger partial charge in [0, 0.05) is 12.2 Å². The van der Waals surface area contributed by atoms with Crippen molar-refractivity contribution in [2.45, 2.75) is 33.7 Å². The number of halogens is 1. The molecule has 3 aromatic rings. The molecule has 32 heavy (non-hydrogen) atoms. The maximum Gasteiger partial charge on any atom is 0.411 e. The van der Waals surface area contributed by atoms with Gasteiger partial charge >= 0.3 is 6.09 Å². The van der Waals surface area contributed by atoms with E-state index in [1.165, 1.54) is 12.1 Å². The number of aromatic nitrogens is 2. The number of hydrogen-bond acceptors (Lipinski definition) is 5. The van der Waals surface area contributed by atoms with Crippen LogP contribution < -0.4 is 10.1 Å². The standard InChI is InChI=1S/C24H31FN4O3/c1-4-28(5-2)14-7-15-32-23-21-16-20(26-24(30)31-6-3)12-13-22(21)29(27-23)17-18-8-10-19(25)11-9-18/h8-13,16H,4-7,14-15,17H2,1-3H3,(H,26,30). The van der Waals surface area contributed by atoms with Crippen molar-refractivity contribution in [3.05, 3.63) is 53.8 Å². The summed E-state index contributed by atoms with van der Waals surface area (Å²) in [6.07, 6.45) is 0.377. The molecule has 0 aliphatic rings. The number of benzene rings is 2. The molecular weight excluding hydrogens is 411 g/mol. The summed E-state index contributed by atoms with van der Waals surface area (Å²) in [6.45, 7) is 10.3. The number of nitrogens with zero attached hydrogens (tertiary/aromatic N) is 3. The monoisotopic (exact) mass is 442 g/mol. The second-order valence-electron chi connectivity index (χ2n) is 7.40. The lowest BCUT2D eigenvalue weighted by Crippen LogP contribution is -2.25. The van der Waals surface area contributed by atoms with Crippen LogP contribution in [0.1, 0.15) is 32.8 Å². The second kappa shape index (κ2) is 11.5. The van der Waals surface area contributed by atoms with Gasteiger partial charge in [0.2, 0.25) is 5.88 Å². The van der Waals surface area contributed by atoms with Gasteiger partial charge in [0.15, 0.2) is 0 Å². The molecule has 172 valence electrons. The minimum Gasteiger partial charge on any atom is -0.476 e. The van der Waals surface area contributed by atoms with Crippen molar-refractivity contribution in [2.24, 2.45) is 0 Å². The highest BCUT2D eigenvalue weighted by atomic mass is 19.1. The van der Waals surface area contributed by atoms with E-state index in [-0.39, 0.29) is 5.82 Å². The van der Waals surface area contributed by atoms with Crippen LogP contribution in [-0.4, -0.2) is 53.6 Å². The quantitative estimate of drug-likeness (QED) is 0.428. The zero-order valence-corrected chi connectivity index (χ0v) is 18.9. The lowest BCUT2D eigenvalue weighted by molar-refractivity contribution is 0.168. The van der Waals surface area contributed by atoms with Gasteiger partial charge in [-0.05, 0) is 62.3 Å². The second-order valence-corrected chi connectivity index (χ2v) is 7.40. The lowest BCUT2D eigenvalue weighted by atomic mass is 10.2. The number of anilines is 1. The van der Waals surface area contributed by atoms with Gasteiger partial charge in [0.1, 0.15) is 5.82 Å². The molecule has 0 saturated carbocycles. The third kappa shape index (κ3) is 6.20. The number of rotatable bonds is 11. The average molecular weight is 443 g/mol. The number of fused-ring (bicyclic) bond motifs is 1. The fraction of sp³-hybridized carbons (Fsp3) is 0.417. The first-order chi connectivity index (χ1) is 15.5. The topological polar surface area (TPSA) is 68.6 Å². The molecule has 2 aromatic carbocycles. The van der Waals surface area contributed by atoms with Crippen molar-refractivity contribution in [2.75, 3.05) is 38.2 Å². The van der Waals surface area contributed by atoms with Crippen molar-refractivity contribution in [3.8, 4) is 5.88 Å². The number of ether oxygens (including phenoxy) is 2. The first-order valence-corrected chi connectivity index (χ1v) is 11.1. The lowest BCUT2D eigenvalue weighted by Gasteiger charge is -2.17. The first kappa shape index (κ1) is 23.5. The predicted octanol–water partition coefficient (Wildman–Crippen LogP) is 4.90. The van der Waals surface area contributed by atoms with E-state index in [9.17, 15) is 9.18 Å². The SMILES string of the molecule is CCOC(=O)Nc1ccc2c(c1)c(OCCCN(CC)CC)nn2Cc1ccc(F)cc1. The summed E-state index contributed by atoms with van der Waals surface area (Å²) < 4.78 is 26.1. The summed E-state index contributed by atoms with van der Waals surface area (Å²) in [5, 5.41) is 8.18. The van der Waals surface area contributed by atoms with Crippen LogP contribution in [0.2, 0.25) is 0 Å². The fourth-order valence-corrected chi connectivity index (χ4v) is 3.50. The molecule has 0 fully saturated rings. The zero-order valence-electron chi connectivity index (χ0n) is 18.9. The Morgan fingerprint density at radius 1 is 1.12 bits per heavy atom. The molecule has 0 spiro atoms. The third-order valence-corrected chi connectivity index (χ3v) is 5.24. The van der Waals surface area contributed by atoms with Crippen LogP contribution in [0, 0.1) is 5.82 Å². The summed E-state index contributed by atoms with van der Waals surface area (Å²) in [7, 11) is 0. The molecule has 0 radical (unpaired) electrons. The molecule has 0 atom stereocenters. The average Bonchev–Trinajstić information content (AvgIpc) is 3.12. The molecule has 1 amide bonds. The van der Waals surface area contributed by atoms with Crippen LogP contribution in [-0.2, 0) is 11.3 Å². The maximum absolute atomic E-state index is 13.3. The van der Waals surface area contributed by atoms with E-state index in [0.717, 1.165) is 42.5 Å². The van der Waals surface area contributed by atoms with E-state index >= 15 is 0 Å². The Labute approximate surface area is 188 Å². The zero-order chi connectivity index (χ0) is 22.9. The van der Waals surface area contributed by atoms with Gasteiger partial charge in [-0.3, -0.25) is 10.00 Å². The number of hydrogen-bond donors (Lipinski definition) is 1. The minimum absolute atomic E-state index is 0.272. The molecule has 1 aromatic heterocycles. The van der Waals surface area contributed by atoms with E-state index in [1.807, 2.05) is 16.8 Å². The van der Waals surface area contributed by atoms with Gasteiger partial charge in [-0.15, -0.1) is 5.10 Å². The Hall–Kier alpha value is -3.13. The van der Waals surface area contributed by atoms with Gasteiger partial charge in [-0.1, -0.05) is 26.0 Å². The van der Waals surface area contributed by atoms with Crippen LogP contribution >= 0.6 is 0 Å². The molecule has 1 heterocycles. The summed E-state index contributed by atoms with van der Waals surface area (Å²) in [5.74, 6) is 0.236. The molecule has 3 rings (SSSR count). The molecule has 0 saturated heterocycles. The molecule has 0 aliphatic carbocycles. The van der Waals surface area contributed by atoms with Gasteiger partial charge < -0.3 is 14.4 Å². The highest BCUT2D eigenvalue weighted by Gasteiger charge is 2.14. The molecular formula is C24H31FN4O3. The summed E-state index contributed by atoms with van der Waals surface area (Å²) in [4.78, 5) is 14.2. The number of amides is 1. The van der Waals surface area contributed by atoms with Crippen molar-refractivity contribution in [3.63, 3.8) is 0 Å². The Morgan fingerprint density at radius 2 is 1.88 bits per heavy atom. The highest BCUT2D eigenvalue weighted by Crippen LogP contribution is 2.29. The van der Waals surface area contributed by atoms with Crippen LogP contribution in [0.5, 0.6) is 5.88 Å². The molecule has 0 unspecified atom stereocenters. The summed E-state index contributed by atoms with van der Waals surface area (Å²) in [5.41, 5.74) is 2.39. The van der Waals surface area contributed by atoms with E-state index in [4.69, 9.17) is 9.47 Å². The summed E-state index contributed by atoms with van der Waals surface area (Å²) in [6, 6.07) is 11.9.